The number of hydrogen-bond acceptors (Lipinski definition) is 6. The molecule has 0 atom stereocenters. The first-order valence-corrected chi connectivity index (χ1v) is 13.9. The van der Waals surface area contributed by atoms with E-state index in [-0.39, 0.29) is 5.82 Å². The summed E-state index contributed by atoms with van der Waals surface area (Å²) in [5.41, 5.74) is 9.65. The van der Waals surface area contributed by atoms with Crippen molar-refractivity contribution in [3.05, 3.63) is 102 Å². The molecule has 0 aliphatic rings. The Labute approximate surface area is 246 Å². The summed E-state index contributed by atoms with van der Waals surface area (Å²) in [6, 6.07) is 11.3. The smallest absolute Gasteiger partial charge is 0.181 e. The summed E-state index contributed by atoms with van der Waals surface area (Å²) < 4.78 is 14.8. The molecule has 1 aromatic carbocycles. The van der Waals surface area contributed by atoms with E-state index >= 15 is 0 Å². The highest BCUT2D eigenvalue weighted by Crippen LogP contribution is 2.34. The van der Waals surface area contributed by atoms with Gasteiger partial charge >= 0.3 is 0 Å². The van der Waals surface area contributed by atoms with Crippen molar-refractivity contribution in [2.24, 2.45) is 0 Å². The maximum atomic E-state index is 14.8. The minimum Gasteiger partial charge on any atom is -0.384 e. The number of H-pyrrole nitrogens is 2. The SMILES string of the molecule is C=C/C=C(/c1cc(F)cc(NCCN(C)C)c1)c1cc(-c2[nH]nc3ncc(-c4cncc(CN(C)C)c4)cc23)[nH]c1C. The van der Waals surface area contributed by atoms with Crippen molar-refractivity contribution in [2.45, 2.75) is 13.5 Å². The van der Waals surface area contributed by atoms with Gasteiger partial charge in [-0.2, -0.15) is 5.10 Å². The van der Waals surface area contributed by atoms with Crippen molar-refractivity contribution in [1.82, 2.24) is 34.9 Å². The number of likely N-dealkylation sites (N-methyl/N-ethyl adjacent to an activating group) is 1. The molecule has 0 radical (unpaired) electrons. The third-order valence-corrected chi connectivity index (χ3v) is 6.99. The van der Waals surface area contributed by atoms with Crippen LogP contribution >= 0.6 is 0 Å². The number of rotatable bonds is 11. The number of aromatic amines is 2. The van der Waals surface area contributed by atoms with Crippen molar-refractivity contribution in [2.75, 3.05) is 46.6 Å². The highest BCUT2D eigenvalue weighted by atomic mass is 19.1. The first kappa shape index (κ1) is 28.9. The highest BCUT2D eigenvalue weighted by molar-refractivity contribution is 5.94. The summed E-state index contributed by atoms with van der Waals surface area (Å²) >= 11 is 0. The normalized spacial score (nSPS) is 12.0. The van der Waals surface area contributed by atoms with Crippen LogP contribution in [0, 0.1) is 12.7 Å². The van der Waals surface area contributed by atoms with E-state index < -0.39 is 0 Å². The number of aromatic nitrogens is 5. The molecule has 0 aliphatic carbocycles. The number of nitrogens with zero attached hydrogens (tertiary/aromatic N) is 5. The molecule has 0 saturated carbocycles. The van der Waals surface area contributed by atoms with Crippen LogP contribution in [-0.2, 0) is 6.54 Å². The zero-order valence-corrected chi connectivity index (χ0v) is 24.8. The van der Waals surface area contributed by atoms with Gasteiger partial charge in [0.25, 0.3) is 0 Å². The Bertz CT molecular complexity index is 1740. The molecule has 0 saturated heterocycles. The molecule has 0 spiro atoms. The van der Waals surface area contributed by atoms with Gasteiger partial charge in [-0.1, -0.05) is 18.7 Å². The monoisotopic (exact) mass is 564 g/mol. The van der Waals surface area contributed by atoms with Gasteiger partial charge in [0.05, 0.1) is 11.4 Å². The zero-order chi connectivity index (χ0) is 29.8. The molecule has 4 aromatic heterocycles. The lowest BCUT2D eigenvalue weighted by Crippen LogP contribution is -2.20. The number of hydrogen-bond donors (Lipinski definition) is 3. The number of allylic oxidation sites excluding steroid dienone is 2. The van der Waals surface area contributed by atoms with Crippen LogP contribution in [0.5, 0.6) is 0 Å². The first-order valence-electron chi connectivity index (χ1n) is 13.9. The summed E-state index contributed by atoms with van der Waals surface area (Å²) in [6.07, 6.45) is 9.21. The van der Waals surface area contributed by atoms with E-state index in [0.717, 1.165) is 74.6 Å². The molecule has 5 rings (SSSR count). The number of halogens is 1. The molecule has 42 heavy (non-hydrogen) atoms. The molecule has 3 N–H and O–H groups in total. The van der Waals surface area contributed by atoms with Gasteiger partial charge in [-0.3, -0.25) is 10.1 Å². The molecular weight excluding hydrogens is 527 g/mol. The maximum Gasteiger partial charge on any atom is 0.181 e. The maximum absolute atomic E-state index is 14.8. The lowest BCUT2D eigenvalue weighted by atomic mass is 9.96. The van der Waals surface area contributed by atoms with Crippen LogP contribution in [0.2, 0.25) is 0 Å². The minimum absolute atomic E-state index is 0.300. The fourth-order valence-corrected chi connectivity index (χ4v) is 5.06. The van der Waals surface area contributed by atoms with E-state index in [1.54, 1.807) is 12.1 Å². The Kier molecular flexibility index (Phi) is 8.61. The van der Waals surface area contributed by atoms with Crippen LogP contribution in [0.15, 0.2) is 73.7 Å². The Morgan fingerprint density at radius 1 is 1.00 bits per heavy atom. The standard InChI is InChI=1S/C33H37FN8/c1-7-8-28(23-12-26(34)15-27(13-23)36-9-10-41(3)4)29-16-31(38-21(29)2)32-30-14-25(19-37-33(30)40-39-32)24-11-22(17-35-18-24)20-42(5)6/h7-8,11-19,36,38H,1,9-10,20H2,2-6H3,(H,37,39,40)/b28-8-. The van der Waals surface area contributed by atoms with E-state index in [4.69, 9.17) is 0 Å². The van der Waals surface area contributed by atoms with Gasteiger partial charge in [0.1, 0.15) is 5.82 Å². The molecule has 216 valence electrons. The van der Waals surface area contributed by atoms with Gasteiger partial charge in [0, 0.05) is 71.7 Å². The quantitative estimate of drug-likeness (QED) is 0.168. The summed E-state index contributed by atoms with van der Waals surface area (Å²) in [5.74, 6) is -0.300. The van der Waals surface area contributed by atoms with Crippen LogP contribution in [-0.4, -0.2) is 76.2 Å². The van der Waals surface area contributed by atoms with Crippen LogP contribution in [0.1, 0.15) is 22.4 Å². The molecule has 8 nitrogen and oxygen atoms in total. The summed E-state index contributed by atoms with van der Waals surface area (Å²) in [6.45, 7) is 8.28. The number of nitrogens with one attached hydrogen (secondary N) is 3. The van der Waals surface area contributed by atoms with Crippen molar-refractivity contribution in [3.63, 3.8) is 0 Å². The number of pyridine rings is 2. The highest BCUT2D eigenvalue weighted by Gasteiger charge is 2.18. The van der Waals surface area contributed by atoms with E-state index in [0.29, 0.717) is 12.2 Å². The molecule has 9 heteroatoms. The van der Waals surface area contributed by atoms with Crippen molar-refractivity contribution in [3.8, 4) is 22.5 Å². The zero-order valence-electron chi connectivity index (χ0n) is 24.8. The summed E-state index contributed by atoms with van der Waals surface area (Å²) in [7, 11) is 8.10. The first-order chi connectivity index (χ1) is 20.2. The lowest BCUT2D eigenvalue weighted by Gasteiger charge is -2.14. The van der Waals surface area contributed by atoms with Crippen molar-refractivity contribution in [1.29, 1.82) is 0 Å². The molecular formula is C33H37FN8. The number of anilines is 1. The average Bonchev–Trinajstić information content (AvgIpc) is 3.53. The lowest BCUT2D eigenvalue weighted by molar-refractivity contribution is 0.402. The second-order valence-electron chi connectivity index (χ2n) is 11.0. The second-order valence-corrected chi connectivity index (χ2v) is 11.0. The van der Waals surface area contributed by atoms with E-state index in [1.165, 1.54) is 6.07 Å². The Balaban J connectivity index is 1.51. The summed E-state index contributed by atoms with van der Waals surface area (Å²) in [4.78, 5) is 16.8. The average molecular weight is 565 g/mol. The Hall–Kier alpha value is -4.60. The number of fused-ring (bicyclic) bond motifs is 1. The van der Waals surface area contributed by atoms with Crippen molar-refractivity contribution < 1.29 is 4.39 Å². The van der Waals surface area contributed by atoms with Gasteiger partial charge in [0.15, 0.2) is 5.65 Å². The summed E-state index contributed by atoms with van der Waals surface area (Å²) in [5, 5.41) is 11.9. The Morgan fingerprint density at radius 3 is 2.57 bits per heavy atom. The minimum atomic E-state index is -0.300. The molecule has 0 unspecified atom stereocenters. The van der Waals surface area contributed by atoms with Gasteiger partial charge in [0.2, 0.25) is 0 Å². The Morgan fingerprint density at radius 2 is 1.81 bits per heavy atom. The molecule has 5 aromatic rings. The molecule has 0 fully saturated rings. The largest absolute Gasteiger partial charge is 0.384 e. The topological polar surface area (TPSA) is 88.8 Å². The fraction of sp³-hybridized carbons (Fsp3) is 0.242. The van der Waals surface area contributed by atoms with Gasteiger partial charge in [-0.15, -0.1) is 0 Å². The fourth-order valence-electron chi connectivity index (χ4n) is 5.06. The molecule has 4 heterocycles. The van der Waals surface area contributed by atoms with E-state index in [9.17, 15) is 4.39 Å². The van der Waals surface area contributed by atoms with Gasteiger partial charge in [-0.25, -0.2) is 9.37 Å². The van der Waals surface area contributed by atoms with Crippen LogP contribution in [0.4, 0.5) is 10.1 Å². The number of benzene rings is 1. The third-order valence-electron chi connectivity index (χ3n) is 6.99. The van der Waals surface area contributed by atoms with Crippen LogP contribution in [0.3, 0.4) is 0 Å². The van der Waals surface area contributed by atoms with E-state index in [1.807, 2.05) is 65.8 Å². The van der Waals surface area contributed by atoms with Crippen molar-refractivity contribution >= 4 is 22.3 Å². The second kappa shape index (κ2) is 12.5. The van der Waals surface area contributed by atoms with Crippen LogP contribution < -0.4 is 5.32 Å². The van der Waals surface area contributed by atoms with E-state index in [2.05, 4.69) is 65.0 Å². The van der Waals surface area contributed by atoms with Gasteiger partial charge in [-0.05, 0) is 88.2 Å². The molecule has 0 bridgehead atoms. The third kappa shape index (κ3) is 6.48. The molecule has 0 aliphatic heterocycles. The number of aryl methyl sites for hydroxylation is 1. The van der Waals surface area contributed by atoms with Crippen LogP contribution in [0.25, 0.3) is 39.1 Å². The predicted octanol–water partition coefficient (Wildman–Crippen LogP) is 6.12. The van der Waals surface area contributed by atoms with Gasteiger partial charge < -0.3 is 20.1 Å². The predicted molar refractivity (Wildman–Crippen MR) is 170 cm³/mol. The molecule has 0 amide bonds.